The van der Waals surface area contributed by atoms with Crippen LogP contribution in [0.1, 0.15) is 51.2 Å². The molecule has 0 spiro atoms. The highest BCUT2D eigenvalue weighted by atomic mass is 16.3. The van der Waals surface area contributed by atoms with E-state index in [9.17, 15) is 5.11 Å². The van der Waals surface area contributed by atoms with E-state index in [4.69, 9.17) is 0 Å². The van der Waals surface area contributed by atoms with Crippen molar-refractivity contribution < 1.29 is 5.11 Å². The van der Waals surface area contributed by atoms with Crippen LogP contribution in [0.3, 0.4) is 0 Å². The Bertz CT molecular complexity index is 383. The van der Waals surface area contributed by atoms with E-state index < -0.39 is 5.60 Å². The summed E-state index contributed by atoms with van der Waals surface area (Å²) in [7, 11) is 0. The van der Waals surface area contributed by atoms with Gasteiger partial charge in [-0.2, -0.15) is 0 Å². The van der Waals surface area contributed by atoms with Crippen molar-refractivity contribution in [2.45, 2.75) is 52.1 Å². The predicted molar refractivity (Wildman–Crippen MR) is 71.9 cm³/mol. The normalized spacial score (nSPS) is 25.0. The Morgan fingerprint density at radius 1 is 1.24 bits per heavy atom. The standard InChI is InChI=1S/C16H24O/c1-12(2)10-13(3)11-16(17)9-8-14-6-4-5-7-15(14)16/h4-7,12-13,17H,8-11H2,1-3H3. The van der Waals surface area contributed by atoms with Crippen molar-refractivity contribution in [2.75, 3.05) is 0 Å². The zero-order chi connectivity index (χ0) is 12.5. The number of aliphatic hydroxyl groups is 1. The van der Waals surface area contributed by atoms with Crippen molar-refractivity contribution in [2.24, 2.45) is 11.8 Å². The van der Waals surface area contributed by atoms with Crippen LogP contribution in [0.25, 0.3) is 0 Å². The van der Waals surface area contributed by atoms with Gasteiger partial charge in [-0.15, -0.1) is 0 Å². The Hall–Kier alpha value is -0.820. The molecule has 1 aromatic rings. The number of hydrogen-bond donors (Lipinski definition) is 1. The zero-order valence-corrected chi connectivity index (χ0v) is 11.2. The SMILES string of the molecule is CC(C)CC(C)CC1(O)CCc2ccccc21. The lowest BCUT2D eigenvalue weighted by Gasteiger charge is -2.28. The molecular formula is C16H24O. The number of aryl methyl sites for hydroxylation is 1. The summed E-state index contributed by atoms with van der Waals surface area (Å²) in [5, 5.41) is 10.8. The number of benzene rings is 1. The summed E-state index contributed by atoms with van der Waals surface area (Å²) >= 11 is 0. The molecule has 1 aliphatic rings. The van der Waals surface area contributed by atoms with Gasteiger partial charge in [0, 0.05) is 0 Å². The van der Waals surface area contributed by atoms with Crippen LogP contribution >= 0.6 is 0 Å². The van der Waals surface area contributed by atoms with E-state index >= 15 is 0 Å². The molecule has 0 heterocycles. The Kier molecular flexibility index (Phi) is 3.58. The second-order valence-corrected chi connectivity index (χ2v) is 6.13. The van der Waals surface area contributed by atoms with E-state index in [1.54, 1.807) is 0 Å². The largest absolute Gasteiger partial charge is 0.385 e. The summed E-state index contributed by atoms with van der Waals surface area (Å²) in [5.74, 6) is 1.30. The van der Waals surface area contributed by atoms with E-state index in [2.05, 4.69) is 39.0 Å². The zero-order valence-electron chi connectivity index (χ0n) is 11.2. The van der Waals surface area contributed by atoms with Gasteiger partial charge in [0.2, 0.25) is 0 Å². The highest BCUT2D eigenvalue weighted by Crippen LogP contribution is 2.41. The molecule has 0 radical (unpaired) electrons. The average Bonchev–Trinajstić information content (AvgIpc) is 2.56. The van der Waals surface area contributed by atoms with E-state index in [0.29, 0.717) is 11.8 Å². The molecule has 0 saturated heterocycles. The van der Waals surface area contributed by atoms with E-state index in [-0.39, 0.29) is 0 Å². The van der Waals surface area contributed by atoms with Gasteiger partial charge in [0.25, 0.3) is 0 Å². The van der Waals surface area contributed by atoms with Crippen molar-refractivity contribution >= 4 is 0 Å². The maximum absolute atomic E-state index is 10.8. The second kappa shape index (κ2) is 4.81. The smallest absolute Gasteiger partial charge is 0.0904 e. The summed E-state index contributed by atoms with van der Waals surface area (Å²) in [6.45, 7) is 6.77. The minimum Gasteiger partial charge on any atom is -0.385 e. The van der Waals surface area contributed by atoms with Crippen LogP contribution in [0.4, 0.5) is 0 Å². The van der Waals surface area contributed by atoms with Crippen LogP contribution in [-0.4, -0.2) is 5.11 Å². The summed E-state index contributed by atoms with van der Waals surface area (Å²) in [4.78, 5) is 0. The average molecular weight is 232 g/mol. The first kappa shape index (κ1) is 12.6. The fourth-order valence-corrected chi connectivity index (χ4v) is 3.34. The summed E-state index contributed by atoms with van der Waals surface area (Å²) in [6.07, 6.45) is 4.03. The third-order valence-electron chi connectivity index (χ3n) is 3.89. The summed E-state index contributed by atoms with van der Waals surface area (Å²) < 4.78 is 0. The van der Waals surface area contributed by atoms with Crippen LogP contribution in [0.2, 0.25) is 0 Å². The molecule has 1 N–H and O–H groups in total. The Balaban J connectivity index is 2.11. The molecule has 0 fully saturated rings. The molecule has 1 aliphatic carbocycles. The second-order valence-electron chi connectivity index (χ2n) is 6.13. The molecular weight excluding hydrogens is 208 g/mol. The molecule has 2 rings (SSSR count). The molecule has 0 saturated carbocycles. The lowest BCUT2D eigenvalue weighted by Crippen LogP contribution is -2.25. The van der Waals surface area contributed by atoms with Crippen LogP contribution in [0, 0.1) is 11.8 Å². The lowest BCUT2D eigenvalue weighted by atomic mass is 9.83. The van der Waals surface area contributed by atoms with Crippen molar-refractivity contribution in [3.63, 3.8) is 0 Å². The Morgan fingerprint density at radius 2 is 1.94 bits per heavy atom. The first-order chi connectivity index (χ1) is 8.01. The van der Waals surface area contributed by atoms with E-state index in [1.165, 1.54) is 17.5 Å². The Labute approximate surface area is 105 Å². The van der Waals surface area contributed by atoms with Crippen LogP contribution in [0.5, 0.6) is 0 Å². The third-order valence-corrected chi connectivity index (χ3v) is 3.89. The molecule has 17 heavy (non-hydrogen) atoms. The fourth-order valence-electron chi connectivity index (χ4n) is 3.34. The van der Waals surface area contributed by atoms with Crippen LogP contribution < -0.4 is 0 Å². The molecule has 1 aromatic carbocycles. The van der Waals surface area contributed by atoms with E-state index in [0.717, 1.165) is 19.3 Å². The quantitative estimate of drug-likeness (QED) is 0.835. The van der Waals surface area contributed by atoms with Crippen molar-refractivity contribution in [1.29, 1.82) is 0 Å². The van der Waals surface area contributed by atoms with Gasteiger partial charge in [-0.3, -0.25) is 0 Å². The minimum atomic E-state index is -0.565. The topological polar surface area (TPSA) is 20.2 Å². The van der Waals surface area contributed by atoms with Gasteiger partial charge >= 0.3 is 0 Å². The molecule has 2 unspecified atom stereocenters. The van der Waals surface area contributed by atoms with Gasteiger partial charge in [-0.25, -0.2) is 0 Å². The van der Waals surface area contributed by atoms with Crippen LogP contribution in [-0.2, 0) is 12.0 Å². The molecule has 1 heteroatoms. The fraction of sp³-hybridized carbons (Fsp3) is 0.625. The molecule has 0 aromatic heterocycles. The van der Waals surface area contributed by atoms with Gasteiger partial charge in [0.1, 0.15) is 0 Å². The lowest BCUT2D eigenvalue weighted by molar-refractivity contribution is 0.0124. The first-order valence-electron chi connectivity index (χ1n) is 6.82. The van der Waals surface area contributed by atoms with Crippen molar-refractivity contribution in [1.82, 2.24) is 0 Å². The van der Waals surface area contributed by atoms with Crippen molar-refractivity contribution in [3.05, 3.63) is 35.4 Å². The highest BCUT2D eigenvalue weighted by Gasteiger charge is 2.37. The van der Waals surface area contributed by atoms with Gasteiger partial charge in [0.05, 0.1) is 5.60 Å². The molecule has 2 atom stereocenters. The molecule has 1 nitrogen and oxygen atoms in total. The van der Waals surface area contributed by atoms with Gasteiger partial charge in [-0.1, -0.05) is 45.0 Å². The monoisotopic (exact) mass is 232 g/mol. The molecule has 0 amide bonds. The first-order valence-corrected chi connectivity index (χ1v) is 6.82. The summed E-state index contributed by atoms with van der Waals surface area (Å²) in [6, 6.07) is 8.37. The van der Waals surface area contributed by atoms with Gasteiger partial charge in [-0.05, 0) is 48.6 Å². The molecule has 94 valence electrons. The maximum atomic E-state index is 10.8. The Morgan fingerprint density at radius 3 is 2.65 bits per heavy atom. The third kappa shape index (κ3) is 2.71. The predicted octanol–water partition coefficient (Wildman–Crippen LogP) is 3.89. The molecule has 0 bridgehead atoms. The minimum absolute atomic E-state index is 0.565. The van der Waals surface area contributed by atoms with Crippen LogP contribution in [0.15, 0.2) is 24.3 Å². The van der Waals surface area contributed by atoms with Gasteiger partial charge < -0.3 is 5.11 Å². The highest BCUT2D eigenvalue weighted by molar-refractivity contribution is 5.37. The maximum Gasteiger partial charge on any atom is 0.0904 e. The van der Waals surface area contributed by atoms with E-state index in [1.807, 2.05) is 6.07 Å². The number of hydrogen-bond acceptors (Lipinski definition) is 1. The summed E-state index contributed by atoms with van der Waals surface area (Å²) in [5.41, 5.74) is 1.95. The van der Waals surface area contributed by atoms with Gasteiger partial charge in [0.15, 0.2) is 0 Å². The molecule has 0 aliphatic heterocycles. The number of rotatable bonds is 4. The van der Waals surface area contributed by atoms with Crippen molar-refractivity contribution in [3.8, 4) is 0 Å². The number of fused-ring (bicyclic) bond motifs is 1.